The van der Waals surface area contributed by atoms with Gasteiger partial charge < -0.3 is 30.2 Å². The summed E-state index contributed by atoms with van der Waals surface area (Å²) in [6.45, 7) is 6.12. The van der Waals surface area contributed by atoms with Gasteiger partial charge in [0, 0.05) is 60.7 Å². The molecule has 2 aliphatic rings. The molecule has 3 N–H and O–H groups in total. The van der Waals surface area contributed by atoms with Crippen LogP contribution in [0.3, 0.4) is 0 Å². The van der Waals surface area contributed by atoms with Crippen molar-refractivity contribution in [3.8, 4) is 5.75 Å². The number of urea groups is 1. The summed E-state index contributed by atoms with van der Waals surface area (Å²) in [6.07, 6.45) is 1.84. The Balaban J connectivity index is 1.43. The molecule has 5 rings (SSSR count). The Morgan fingerprint density at radius 2 is 1.85 bits per heavy atom. The van der Waals surface area contributed by atoms with Crippen LogP contribution in [0.1, 0.15) is 48.7 Å². The number of amides is 3. The lowest BCUT2D eigenvalue weighted by atomic mass is 9.83. The van der Waals surface area contributed by atoms with Crippen molar-refractivity contribution in [1.29, 1.82) is 0 Å². The van der Waals surface area contributed by atoms with E-state index in [2.05, 4.69) is 20.9 Å². The molecule has 3 amide bonds. The predicted octanol–water partition coefficient (Wildman–Crippen LogP) is 4.65. The second-order valence-corrected chi connectivity index (χ2v) is 10.4. The lowest BCUT2D eigenvalue weighted by molar-refractivity contribution is 0.0939. The van der Waals surface area contributed by atoms with Crippen molar-refractivity contribution in [1.82, 2.24) is 9.88 Å². The molecule has 3 heterocycles. The van der Waals surface area contributed by atoms with E-state index >= 15 is 0 Å². The first-order valence-electron chi connectivity index (χ1n) is 13.5. The van der Waals surface area contributed by atoms with E-state index in [0.29, 0.717) is 41.7 Å². The molecule has 0 aliphatic carbocycles. The number of piperidine rings is 1. The van der Waals surface area contributed by atoms with Crippen LogP contribution in [-0.2, 0) is 6.54 Å². The second kappa shape index (κ2) is 11.2. The van der Waals surface area contributed by atoms with Gasteiger partial charge in [0.2, 0.25) is 0 Å². The van der Waals surface area contributed by atoms with Crippen LogP contribution in [0.2, 0.25) is 0 Å². The minimum absolute atomic E-state index is 0.0369. The molecule has 0 radical (unpaired) electrons. The number of carbonyl (C=O) groups is 2. The molecule has 0 unspecified atom stereocenters. The average molecular weight is 530 g/mol. The zero-order valence-corrected chi connectivity index (χ0v) is 22.6. The number of carbonyl (C=O) groups excluding carboxylic acids is 2. The van der Waals surface area contributed by atoms with Gasteiger partial charge in [-0.25, -0.2) is 4.79 Å². The zero-order valence-electron chi connectivity index (χ0n) is 22.6. The number of ether oxygens (including phenoxy) is 1. The third-order valence-corrected chi connectivity index (χ3v) is 7.64. The highest BCUT2D eigenvalue weighted by Crippen LogP contribution is 2.39. The zero-order chi connectivity index (χ0) is 27.5. The summed E-state index contributed by atoms with van der Waals surface area (Å²) < 4.78 is 7.16. The van der Waals surface area contributed by atoms with Crippen LogP contribution >= 0.6 is 0 Å². The lowest BCUT2D eigenvalue weighted by Crippen LogP contribution is -2.47. The van der Waals surface area contributed by atoms with Crippen molar-refractivity contribution in [2.24, 2.45) is 5.92 Å². The van der Waals surface area contributed by atoms with Gasteiger partial charge in [0.05, 0.1) is 18.5 Å². The SMILES string of the molecule is CC[C@@H](C)NC(=O)c1ccc(N2C[C@H]3C[C@@H](C2)c2cccc(=O)n2C3)c(NC(=O)Nc2cccc(OC)c2)c1. The molecule has 2 aromatic carbocycles. The summed E-state index contributed by atoms with van der Waals surface area (Å²) in [5.41, 5.74) is 3.57. The highest BCUT2D eigenvalue weighted by molar-refractivity contribution is 6.04. The van der Waals surface area contributed by atoms with Crippen LogP contribution in [0.5, 0.6) is 5.75 Å². The topological polar surface area (TPSA) is 105 Å². The normalized spacial score (nSPS) is 18.5. The predicted molar refractivity (Wildman–Crippen MR) is 153 cm³/mol. The largest absolute Gasteiger partial charge is 0.497 e. The molecule has 3 aromatic rings. The van der Waals surface area contributed by atoms with Gasteiger partial charge in [-0.2, -0.15) is 0 Å². The van der Waals surface area contributed by atoms with E-state index in [1.807, 2.05) is 36.6 Å². The molecule has 1 fully saturated rings. The van der Waals surface area contributed by atoms with Crippen molar-refractivity contribution in [2.75, 3.05) is 35.7 Å². The van der Waals surface area contributed by atoms with Gasteiger partial charge in [-0.05, 0) is 62.1 Å². The molecule has 2 aliphatic heterocycles. The van der Waals surface area contributed by atoms with Gasteiger partial charge in [-0.1, -0.05) is 19.1 Å². The summed E-state index contributed by atoms with van der Waals surface area (Å²) in [4.78, 5) is 40.8. The molecular formula is C30H35N5O4. The van der Waals surface area contributed by atoms with Crippen LogP contribution in [-0.4, -0.2) is 42.7 Å². The van der Waals surface area contributed by atoms with E-state index in [1.54, 1.807) is 49.6 Å². The Labute approximate surface area is 228 Å². The second-order valence-electron chi connectivity index (χ2n) is 10.4. The van der Waals surface area contributed by atoms with E-state index in [0.717, 1.165) is 30.8 Å². The fourth-order valence-electron chi connectivity index (χ4n) is 5.54. The number of hydrogen-bond acceptors (Lipinski definition) is 5. The number of nitrogens with zero attached hydrogens (tertiary/aromatic N) is 2. The number of rotatable bonds is 7. The molecule has 0 spiro atoms. The van der Waals surface area contributed by atoms with E-state index in [9.17, 15) is 14.4 Å². The van der Waals surface area contributed by atoms with Gasteiger partial charge in [0.1, 0.15) is 5.75 Å². The van der Waals surface area contributed by atoms with Gasteiger partial charge in [0.15, 0.2) is 0 Å². The molecule has 9 heteroatoms. The van der Waals surface area contributed by atoms with Gasteiger partial charge >= 0.3 is 6.03 Å². The molecule has 39 heavy (non-hydrogen) atoms. The van der Waals surface area contributed by atoms with Crippen molar-refractivity contribution in [3.63, 3.8) is 0 Å². The fourth-order valence-corrected chi connectivity index (χ4v) is 5.54. The maximum absolute atomic E-state index is 13.1. The summed E-state index contributed by atoms with van der Waals surface area (Å²) in [5, 5.41) is 8.84. The molecule has 9 nitrogen and oxygen atoms in total. The minimum atomic E-state index is -0.418. The number of benzene rings is 2. The van der Waals surface area contributed by atoms with Crippen molar-refractivity contribution in [3.05, 3.63) is 82.3 Å². The number of anilines is 3. The van der Waals surface area contributed by atoms with Crippen LogP contribution in [0.25, 0.3) is 0 Å². The van der Waals surface area contributed by atoms with Crippen molar-refractivity contribution >= 4 is 29.0 Å². The number of methoxy groups -OCH3 is 1. The van der Waals surface area contributed by atoms with Crippen molar-refractivity contribution in [2.45, 2.75) is 45.2 Å². The molecule has 0 saturated carbocycles. The minimum Gasteiger partial charge on any atom is -0.497 e. The summed E-state index contributed by atoms with van der Waals surface area (Å²) >= 11 is 0. The van der Waals surface area contributed by atoms with E-state index < -0.39 is 6.03 Å². The van der Waals surface area contributed by atoms with Gasteiger partial charge in [-0.15, -0.1) is 0 Å². The quantitative estimate of drug-likeness (QED) is 0.413. The summed E-state index contributed by atoms with van der Waals surface area (Å²) in [6, 6.07) is 17.7. The van der Waals surface area contributed by atoms with Crippen LogP contribution in [0, 0.1) is 5.92 Å². The number of hydrogen-bond donors (Lipinski definition) is 3. The third kappa shape index (κ3) is 5.77. The monoisotopic (exact) mass is 529 g/mol. The maximum atomic E-state index is 13.1. The van der Waals surface area contributed by atoms with E-state index in [1.165, 1.54) is 0 Å². The van der Waals surface area contributed by atoms with E-state index in [-0.39, 0.29) is 23.4 Å². The molecule has 1 aromatic heterocycles. The Hall–Kier alpha value is -4.27. The molecular weight excluding hydrogens is 494 g/mol. The molecule has 204 valence electrons. The maximum Gasteiger partial charge on any atom is 0.323 e. The summed E-state index contributed by atoms with van der Waals surface area (Å²) in [5.74, 6) is 0.967. The Morgan fingerprint density at radius 3 is 2.64 bits per heavy atom. The number of pyridine rings is 1. The molecule has 3 atom stereocenters. The molecule has 2 bridgehead atoms. The average Bonchev–Trinajstić information content (AvgIpc) is 2.93. The fraction of sp³-hybridized carbons (Fsp3) is 0.367. The number of fused-ring (bicyclic) bond motifs is 4. The molecule has 1 saturated heterocycles. The lowest BCUT2D eigenvalue weighted by Gasteiger charge is -2.44. The van der Waals surface area contributed by atoms with Gasteiger partial charge in [0.25, 0.3) is 11.5 Å². The van der Waals surface area contributed by atoms with E-state index in [4.69, 9.17) is 4.74 Å². The Kier molecular flexibility index (Phi) is 7.58. The first-order valence-corrected chi connectivity index (χ1v) is 13.5. The third-order valence-electron chi connectivity index (χ3n) is 7.64. The van der Waals surface area contributed by atoms with Crippen LogP contribution < -0.4 is 31.1 Å². The van der Waals surface area contributed by atoms with Crippen LogP contribution in [0.15, 0.2) is 65.5 Å². The van der Waals surface area contributed by atoms with Crippen LogP contribution in [0.4, 0.5) is 21.9 Å². The van der Waals surface area contributed by atoms with Crippen molar-refractivity contribution < 1.29 is 14.3 Å². The standard InChI is InChI=1S/C30H35N5O4/c1-4-19(2)31-29(37)21-11-12-27(25(14-21)33-30(38)32-23-7-5-8-24(15-23)39-3)34-16-20-13-22(18-34)26-9-6-10-28(36)35(26)17-20/h5-12,14-15,19-20,22H,4,13,16-18H2,1-3H3,(H,31,37)(H2,32,33,38)/t19-,20-,22+/m1/s1. The summed E-state index contributed by atoms with van der Waals surface area (Å²) in [7, 11) is 1.57. The highest BCUT2D eigenvalue weighted by atomic mass is 16.5. The first kappa shape index (κ1) is 26.3. The number of nitrogens with one attached hydrogen (secondary N) is 3. The number of aromatic nitrogens is 1. The first-order chi connectivity index (χ1) is 18.8. The Bertz CT molecular complexity index is 1430. The Morgan fingerprint density at radius 1 is 1.03 bits per heavy atom. The van der Waals surface area contributed by atoms with Gasteiger partial charge in [-0.3, -0.25) is 9.59 Å². The smallest absolute Gasteiger partial charge is 0.323 e. The highest BCUT2D eigenvalue weighted by Gasteiger charge is 2.35.